The summed E-state index contributed by atoms with van der Waals surface area (Å²) in [5.41, 5.74) is 1.45. The Bertz CT molecular complexity index is 657. The monoisotopic (exact) mass is 298 g/mol. The molecule has 0 radical (unpaired) electrons. The highest BCUT2D eigenvalue weighted by molar-refractivity contribution is 6.30. The second kappa shape index (κ2) is 7.46. The first kappa shape index (κ1) is 15.1. The quantitative estimate of drug-likeness (QED) is 0.435. The van der Waals surface area contributed by atoms with E-state index in [-0.39, 0.29) is 5.78 Å². The molecule has 0 N–H and O–H groups in total. The average Bonchev–Trinajstić information content (AvgIpc) is 2.52. The summed E-state index contributed by atoms with van der Waals surface area (Å²) in [5, 5.41) is 0.610. The van der Waals surface area contributed by atoms with Crippen LogP contribution in [0.2, 0.25) is 5.02 Å². The number of halogens is 1. The Morgan fingerprint density at radius 1 is 1.14 bits per heavy atom. The van der Waals surface area contributed by atoms with Crippen molar-refractivity contribution in [2.45, 2.75) is 0 Å². The van der Waals surface area contributed by atoms with E-state index >= 15 is 0 Å². The summed E-state index contributed by atoms with van der Waals surface area (Å²) in [6, 6.07) is 14.3. The minimum Gasteiger partial charge on any atom is -0.489 e. The molecule has 0 aliphatic rings. The third-order valence-electron chi connectivity index (χ3n) is 2.82. The molecule has 2 nitrogen and oxygen atoms in total. The van der Waals surface area contributed by atoms with E-state index in [2.05, 4.69) is 6.58 Å². The van der Waals surface area contributed by atoms with Gasteiger partial charge < -0.3 is 4.74 Å². The molecule has 0 aliphatic carbocycles. The molecule has 21 heavy (non-hydrogen) atoms. The summed E-state index contributed by atoms with van der Waals surface area (Å²) in [4.78, 5) is 12.1. The van der Waals surface area contributed by atoms with Gasteiger partial charge in [-0.15, -0.1) is 0 Å². The van der Waals surface area contributed by atoms with E-state index in [1.165, 1.54) is 6.08 Å². The molecule has 0 saturated carbocycles. The van der Waals surface area contributed by atoms with E-state index in [9.17, 15) is 4.79 Å². The number of carbonyl (C=O) groups is 1. The smallest absolute Gasteiger partial charge is 0.185 e. The van der Waals surface area contributed by atoms with E-state index < -0.39 is 0 Å². The zero-order valence-corrected chi connectivity index (χ0v) is 12.2. The average molecular weight is 299 g/mol. The largest absolute Gasteiger partial charge is 0.489 e. The predicted octanol–water partition coefficient (Wildman–Crippen LogP) is 4.80. The van der Waals surface area contributed by atoms with Crippen LogP contribution in [0.5, 0.6) is 5.75 Å². The lowest BCUT2D eigenvalue weighted by Gasteiger charge is -2.06. The van der Waals surface area contributed by atoms with Crippen molar-refractivity contribution in [3.8, 4) is 5.75 Å². The maximum absolute atomic E-state index is 12.1. The van der Waals surface area contributed by atoms with Crippen molar-refractivity contribution >= 4 is 23.5 Å². The fourth-order valence-corrected chi connectivity index (χ4v) is 1.90. The molecular weight excluding hydrogens is 284 g/mol. The Kier molecular flexibility index (Phi) is 5.35. The third-order valence-corrected chi connectivity index (χ3v) is 3.07. The van der Waals surface area contributed by atoms with Crippen LogP contribution in [0.1, 0.15) is 15.9 Å². The molecule has 0 heterocycles. The third kappa shape index (κ3) is 4.33. The number of hydrogen-bond donors (Lipinski definition) is 0. The van der Waals surface area contributed by atoms with Crippen LogP contribution in [0.15, 0.2) is 67.3 Å². The van der Waals surface area contributed by atoms with Crippen LogP contribution in [0, 0.1) is 0 Å². The summed E-state index contributed by atoms with van der Waals surface area (Å²) < 4.78 is 5.54. The van der Waals surface area contributed by atoms with E-state index in [0.29, 0.717) is 17.2 Å². The Morgan fingerprint density at radius 3 is 2.57 bits per heavy atom. The first-order valence-electron chi connectivity index (χ1n) is 6.51. The lowest BCUT2D eigenvalue weighted by atomic mass is 10.1. The Morgan fingerprint density at radius 2 is 1.86 bits per heavy atom. The summed E-state index contributed by atoms with van der Waals surface area (Å²) in [7, 11) is 0. The van der Waals surface area contributed by atoms with Crippen molar-refractivity contribution in [2.75, 3.05) is 6.61 Å². The minimum absolute atomic E-state index is 0.0785. The Labute approximate surface area is 129 Å². The molecule has 2 rings (SSSR count). The van der Waals surface area contributed by atoms with Gasteiger partial charge in [-0.3, -0.25) is 4.79 Å². The first-order chi connectivity index (χ1) is 10.2. The molecule has 0 fully saturated rings. The van der Waals surface area contributed by atoms with Gasteiger partial charge >= 0.3 is 0 Å². The van der Waals surface area contributed by atoms with Crippen molar-refractivity contribution < 1.29 is 9.53 Å². The van der Waals surface area contributed by atoms with Crippen LogP contribution in [-0.2, 0) is 0 Å². The maximum atomic E-state index is 12.1. The molecule has 0 spiro atoms. The topological polar surface area (TPSA) is 26.3 Å². The van der Waals surface area contributed by atoms with Gasteiger partial charge in [0.25, 0.3) is 0 Å². The van der Waals surface area contributed by atoms with Gasteiger partial charge in [0.2, 0.25) is 0 Å². The van der Waals surface area contributed by atoms with Crippen LogP contribution in [-0.4, -0.2) is 12.4 Å². The fourth-order valence-electron chi connectivity index (χ4n) is 1.77. The normalized spacial score (nSPS) is 10.5. The van der Waals surface area contributed by atoms with Crippen molar-refractivity contribution in [1.82, 2.24) is 0 Å². The molecule has 0 atom stereocenters. The van der Waals surface area contributed by atoms with E-state index in [0.717, 1.165) is 11.3 Å². The Balaban J connectivity index is 2.15. The first-order valence-corrected chi connectivity index (χ1v) is 6.89. The van der Waals surface area contributed by atoms with Gasteiger partial charge in [-0.2, -0.15) is 0 Å². The molecule has 106 valence electrons. The van der Waals surface area contributed by atoms with Crippen LogP contribution < -0.4 is 4.74 Å². The molecule has 0 aliphatic heterocycles. The second-order valence-electron chi connectivity index (χ2n) is 4.34. The highest BCUT2D eigenvalue weighted by Crippen LogP contribution is 2.20. The van der Waals surface area contributed by atoms with Gasteiger partial charge in [-0.05, 0) is 42.5 Å². The summed E-state index contributed by atoms with van der Waals surface area (Å²) in [5.74, 6) is 0.641. The van der Waals surface area contributed by atoms with E-state index in [4.69, 9.17) is 16.3 Å². The summed E-state index contributed by atoms with van der Waals surface area (Å²) in [6.45, 7) is 4.05. The molecular formula is C18H15ClO2. The number of rotatable bonds is 6. The van der Waals surface area contributed by atoms with Crippen LogP contribution in [0.25, 0.3) is 6.08 Å². The van der Waals surface area contributed by atoms with Crippen molar-refractivity contribution in [1.29, 1.82) is 0 Å². The standard InChI is InChI=1S/C18H15ClO2/c1-2-13-21-18-6-4-3-5-15(18)9-12-17(20)14-7-10-16(19)11-8-14/h2-12H,1,13H2/b12-9+. The van der Waals surface area contributed by atoms with Gasteiger partial charge in [0.15, 0.2) is 5.78 Å². The Hall–Kier alpha value is -2.32. The van der Waals surface area contributed by atoms with Crippen molar-refractivity contribution in [3.05, 3.63) is 83.4 Å². The number of para-hydroxylation sites is 1. The summed E-state index contributed by atoms with van der Waals surface area (Å²) >= 11 is 5.80. The summed E-state index contributed by atoms with van der Waals surface area (Å²) in [6.07, 6.45) is 4.95. The SMILES string of the molecule is C=CCOc1ccccc1/C=C/C(=O)c1ccc(Cl)cc1. The number of allylic oxidation sites excluding steroid dienone is 1. The molecule has 0 saturated heterocycles. The van der Waals surface area contributed by atoms with Gasteiger partial charge in [-0.25, -0.2) is 0 Å². The molecule has 2 aromatic carbocycles. The molecule has 0 bridgehead atoms. The van der Waals surface area contributed by atoms with Crippen LogP contribution in [0.3, 0.4) is 0 Å². The van der Waals surface area contributed by atoms with Gasteiger partial charge in [-0.1, -0.05) is 42.5 Å². The van der Waals surface area contributed by atoms with E-state index in [1.54, 1.807) is 36.4 Å². The van der Waals surface area contributed by atoms with Crippen molar-refractivity contribution in [2.24, 2.45) is 0 Å². The zero-order chi connectivity index (χ0) is 15.1. The zero-order valence-electron chi connectivity index (χ0n) is 11.5. The highest BCUT2D eigenvalue weighted by atomic mass is 35.5. The highest BCUT2D eigenvalue weighted by Gasteiger charge is 2.03. The minimum atomic E-state index is -0.0785. The molecule has 0 amide bonds. The number of carbonyl (C=O) groups excluding carboxylic acids is 1. The lowest BCUT2D eigenvalue weighted by molar-refractivity contribution is 0.104. The maximum Gasteiger partial charge on any atom is 0.185 e. The van der Waals surface area contributed by atoms with E-state index in [1.807, 2.05) is 24.3 Å². The molecule has 3 heteroatoms. The number of benzene rings is 2. The number of ether oxygens (including phenoxy) is 1. The number of ketones is 1. The number of hydrogen-bond acceptors (Lipinski definition) is 2. The van der Waals surface area contributed by atoms with Crippen molar-refractivity contribution in [3.63, 3.8) is 0 Å². The van der Waals surface area contributed by atoms with Gasteiger partial charge in [0, 0.05) is 16.1 Å². The van der Waals surface area contributed by atoms with Crippen LogP contribution >= 0.6 is 11.6 Å². The molecule has 0 unspecified atom stereocenters. The fraction of sp³-hybridized carbons (Fsp3) is 0.0556. The van der Waals surface area contributed by atoms with Gasteiger partial charge in [0.05, 0.1) is 0 Å². The lowest BCUT2D eigenvalue weighted by Crippen LogP contribution is -1.96. The second-order valence-corrected chi connectivity index (χ2v) is 4.78. The van der Waals surface area contributed by atoms with Crippen LogP contribution in [0.4, 0.5) is 0 Å². The molecule has 2 aromatic rings. The van der Waals surface area contributed by atoms with Gasteiger partial charge in [0.1, 0.15) is 12.4 Å². The molecule has 0 aromatic heterocycles. The predicted molar refractivity (Wildman–Crippen MR) is 87.0 cm³/mol.